The monoisotopic (exact) mass is 239 g/mol. The summed E-state index contributed by atoms with van der Waals surface area (Å²) in [5.41, 5.74) is -0.0576. The summed E-state index contributed by atoms with van der Waals surface area (Å²) in [6.07, 6.45) is 9.12. The molecule has 0 spiro atoms. The van der Waals surface area contributed by atoms with E-state index in [1.54, 1.807) is 0 Å². The highest BCUT2D eigenvalue weighted by atomic mass is 16.3. The second-order valence-electron chi connectivity index (χ2n) is 5.99. The van der Waals surface area contributed by atoms with Crippen LogP contribution in [0.4, 0.5) is 0 Å². The lowest BCUT2D eigenvalue weighted by Crippen LogP contribution is -2.40. The van der Waals surface area contributed by atoms with E-state index < -0.39 is 0 Å². The molecule has 0 saturated carbocycles. The summed E-state index contributed by atoms with van der Waals surface area (Å²) in [6.45, 7) is 3.56. The third kappa shape index (κ3) is 3.93. The molecule has 0 saturated heterocycles. The number of quaternary nitrogens is 1. The molecule has 1 heterocycles. The van der Waals surface area contributed by atoms with Crippen LogP contribution in [0.5, 0.6) is 0 Å². The number of aliphatic hydroxyl groups is 1. The van der Waals surface area contributed by atoms with Crippen LogP contribution in [0.15, 0.2) is 17.1 Å². The number of nitrogens with zero attached hydrogens (tertiary/aromatic N) is 2. The van der Waals surface area contributed by atoms with Gasteiger partial charge in [0.25, 0.3) is 0 Å². The maximum absolute atomic E-state index is 9.26. The molecule has 1 aliphatic rings. The summed E-state index contributed by atoms with van der Waals surface area (Å²) < 4.78 is 0.967. The van der Waals surface area contributed by atoms with Gasteiger partial charge in [-0.15, -0.1) is 0 Å². The minimum atomic E-state index is -0.0576. The van der Waals surface area contributed by atoms with Gasteiger partial charge in [0.2, 0.25) is 0 Å². The van der Waals surface area contributed by atoms with Gasteiger partial charge in [-0.25, -0.2) is 0 Å². The van der Waals surface area contributed by atoms with E-state index in [2.05, 4.69) is 39.1 Å². The van der Waals surface area contributed by atoms with Crippen LogP contribution in [0.1, 0.15) is 26.2 Å². The largest absolute Gasteiger partial charge is 0.396 e. The molecule has 1 rings (SSSR count). The van der Waals surface area contributed by atoms with Gasteiger partial charge in [0.15, 0.2) is 0 Å². The van der Waals surface area contributed by atoms with Crippen LogP contribution < -0.4 is 0 Å². The van der Waals surface area contributed by atoms with Gasteiger partial charge in [-0.3, -0.25) is 4.99 Å². The average Bonchev–Trinajstić information content (AvgIpc) is 2.72. The van der Waals surface area contributed by atoms with E-state index in [1.807, 2.05) is 12.3 Å². The summed E-state index contributed by atoms with van der Waals surface area (Å²) in [4.78, 5) is 4.65. The Labute approximate surface area is 105 Å². The first-order valence-electron chi connectivity index (χ1n) is 6.58. The Kier molecular flexibility index (Phi) is 4.90. The standard InChI is InChI=1S/C14H27N2O/c1-5-14(9-6-10-15-14)13(8-12-17)7-11-16(2,3)4/h6,9-10,13,17H,5,7-8,11-12H2,1-4H3/q+1. The van der Waals surface area contributed by atoms with Crippen molar-refractivity contribution in [1.82, 2.24) is 0 Å². The van der Waals surface area contributed by atoms with E-state index in [0.717, 1.165) is 30.3 Å². The smallest absolute Gasteiger partial charge is 0.0819 e. The zero-order valence-corrected chi connectivity index (χ0v) is 11.7. The van der Waals surface area contributed by atoms with Crippen molar-refractivity contribution >= 4 is 6.21 Å². The molecule has 3 nitrogen and oxygen atoms in total. The molecule has 0 aromatic rings. The quantitative estimate of drug-likeness (QED) is 0.676. The number of aliphatic hydroxyl groups excluding tert-OH is 1. The number of rotatable bonds is 7. The van der Waals surface area contributed by atoms with Crippen molar-refractivity contribution in [3.8, 4) is 0 Å². The Morgan fingerprint density at radius 1 is 1.29 bits per heavy atom. The van der Waals surface area contributed by atoms with Crippen molar-refractivity contribution in [2.24, 2.45) is 10.9 Å². The Bertz CT molecular complexity index is 277. The molecular formula is C14H27N2O+. The molecule has 0 amide bonds. The maximum Gasteiger partial charge on any atom is 0.0819 e. The van der Waals surface area contributed by atoms with Crippen LogP contribution in [0, 0.1) is 5.92 Å². The lowest BCUT2D eigenvalue weighted by molar-refractivity contribution is -0.871. The minimum Gasteiger partial charge on any atom is -0.396 e. The van der Waals surface area contributed by atoms with Crippen molar-refractivity contribution in [3.05, 3.63) is 12.2 Å². The summed E-state index contributed by atoms with van der Waals surface area (Å²) in [5.74, 6) is 0.449. The summed E-state index contributed by atoms with van der Waals surface area (Å²) in [5, 5.41) is 9.26. The van der Waals surface area contributed by atoms with Gasteiger partial charge in [0.1, 0.15) is 0 Å². The summed E-state index contributed by atoms with van der Waals surface area (Å²) in [6, 6.07) is 0. The fourth-order valence-electron chi connectivity index (χ4n) is 2.52. The zero-order chi connectivity index (χ0) is 12.9. The molecule has 0 aromatic heterocycles. The average molecular weight is 239 g/mol. The van der Waals surface area contributed by atoms with E-state index in [9.17, 15) is 5.11 Å². The van der Waals surface area contributed by atoms with E-state index in [0.29, 0.717) is 5.92 Å². The van der Waals surface area contributed by atoms with E-state index in [-0.39, 0.29) is 12.1 Å². The van der Waals surface area contributed by atoms with E-state index >= 15 is 0 Å². The molecule has 0 fully saturated rings. The second kappa shape index (κ2) is 5.78. The molecule has 17 heavy (non-hydrogen) atoms. The Hall–Kier alpha value is -0.670. The van der Waals surface area contributed by atoms with Crippen LogP contribution >= 0.6 is 0 Å². The van der Waals surface area contributed by atoms with Crippen LogP contribution in [0.3, 0.4) is 0 Å². The van der Waals surface area contributed by atoms with Gasteiger partial charge in [-0.2, -0.15) is 0 Å². The highest BCUT2D eigenvalue weighted by molar-refractivity contribution is 5.75. The lowest BCUT2D eigenvalue weighted by atomic mass is 9.78. The molecule has 2 unspecified atom stereocenters. The van der Waals surface area contributed by atoms with Crippen LogP contribution in [0.2, 0.25) is 0 Å². The molecule has 3 heteroatoms. The fourth-order valence-corrected chi connectivity index (χ4v) is 2.52. The molecule has 0 radical (unpaired) electrons. The van der Waals surface area contributed by atoms with Crippen molar-refractivity contribution in [2.45, 2.75) is 31.7 Å². The van der Waals surface area contributed by atoms with Crippen molar-refractivity contribution in [2.75, 3.05) is 34.3 Å². The number of hydrogen-bond acceptors (Lipinski definition) is 2. The zero-order valence-electron chi connectivity index (χ0n) is 11.7. The minimum absolute atomic E-state index is 0.0576. The van der Waals surface area contributed by atoms with Gasteiger partial charge in [-0.05, 0) is 24.8 Å². The van der Waals surface area contributed by atoms with Gasteiger partial charge in [-0.1, -0.05) is 13.0 Å². The molecule has 0 aromatic carbocycles. The Morgan fingerprint density at radius 3 is 2.41 bits per heavy atom. The molecule has 0 bridgehead atoms. The van der Waals surface area contributed by atoms with Crippen molar-refractivity contribution < 1.29 is 9.59 Å². The van der Waals surface area contributed by atoms with Gasteiger partial charge in [0, 0.05) is 19.2 Å². The summed E-state index contributed by atoms with van der Waals surface area (Å²) in [7, 11) is 6.63. The highest BCUT2D eigenvalue weighted by Gasteiger charge is 2.35. The fraction of sp³-hybridized carbons (Fsp3) is 0.786. The SMILES string of the molecule is CCC1(C(CCO)CC[N+](C)(C)C)C=CC=N1. The first-order valence-corrected chi connectivity index (χ1v) is 6.58. The molecule has 1 aliphatic heterocycles. The van der Waals surface area contributed by atoms with Crippen LogP contribution in [-0.2, 0) is 0 Å². The second-order valence-corrected chi connectivity index (χ2v) is 5.99. The van der Waals surface area contributed by atoms with Crippen molar-refractivity contribution in [1.29, 1.82) is 0 Å². The number of aliphatic imine (C=N–C) groups is 1. The van der Waals surface area contributed by atoms with Crippen molar-refractivity contribution in [3.63, 3.8) is 0 Å². The predicted molar refractivity (Wildman–Crippen MR) is 73.4 cm³/mol. The van der Waals surface area contributed by atoms with Crippen LogP contribution in [0.25, 0.3) is 0 Å². The third-order valence-corrected chi connectivity index (χ3v) is 3.69. The summed E-state index contributed by atoms with van der Waals surface area (Å²) >= 11 is 0. The number of hydrogen-bond donors (Lipinski definition) is 1. The normalized spacial score (nSPS) is 25.5. The maximum atomic E-state index is 9.26. The Balaban J connectivity index is 2.71. The van der Waals surface area contributed by atoms with Gasteiger partial charge in [0.05, 0.1) is 33.2 Å². The van der Waals surface area contributed by atoms with Gasteiger partial charge >= 0.3 is 0 Å². The third-order valence-electron chi connectivity index (χ3n) is 3.69. The molecule has 0 aliphatic carbocycles. The van der Waals surface area contributed by atoms with E-state index in [1.165, 1.54) is 0 Å². The first-order chi connectivity index (χ1) is 7.93. The topological polar surface area (TPSA) is 32.6 Å². The predicted octanol–water partition coefficient (Wildman–Crippen LogP) is 1.87. The molecule has 1 N–H and O–H groups in total. The molecule has 98 valence electrons. The van der Waals surface area contributed by atoms with Gasteiger partial charge < -0.3 is 9.59 Å². The van der Waals surface area contributed by atoms with E-state index in [4.69, 9.17) is 0 Å². The Morgan fingerprint density at radius 2 is 2.00 bits per heavy atom. The number of allylic oxidation sites excluding steroid dienone is 1. The lowest BCUT2D eigenvalue weighted by Gasteiger charge is -2.35. The highest BCUT2D eigenvalue weighted by Crippen LogP contribution is 2.35. The first kappa shape index (κ1) is 14.4. The van der Waals surface area contributed by atoms with Crippen LogP contribution in [-0.4, -0.2) is 55.6 Å². The molecular weight excluding hydrogens is 212 g/mol. The molecule has 2 atom stereocenters.